The van der Waals surface area contributed by atoms with E-state index in [2.05, 4.69) is 25.1 Å². The van der Waals surface area contributed by atoms with Crippen molar-refractivity contribution in [3.63, 3.8) is 0 Å². The van der Waals surface area contributed by atoms with Crippen molar-refractivity contribution in [1.29, 1.82) is 0 Å². The largest absolute Gasteiger partial charge is 0.349 e. The number of anilines is 1. The quantitative estimate of drug-likeness (QED) is 0.665. The van der Waals surface area contributed by atoms with Gasteiger partial charge >= 0.3 is 5.69 Å². The third kappa shape index (κ3) is 3.11. The Labute approximate surface area is 170 Å². The van der Waals surface area contributed by atoms with Gasteiger partial charge < -0.3 is 9.80 Å². The second kappa shape index (κ2) is 7.01. The van der Waals surface area contributed by atoms with E-state index in [1.807, 2.05) is 4.90 Å². The number of benzene rings is 1. The van der Waals surface area contributed by atoms with Crippen LogP contribution in [0.3, 0.4) is 0 Å². The Morgan fingerprint density at radius 3 is 2.47 bits per heavy atom. The predicted molar refractivity (Wildman–Crippen MR) is 104 cm³/mol. The fourth-order valence-corrected chi connectivity index (χ4v) is 4.33. The second-order valence-electron chi connectivity index (χ2n) is 7.63. The van der Waals surface area contributed by atoms with Crippen molar-refractivity contribution in [3.8, 4) is 5.69 Å². The molecule has 0 bridgehead atoms. The van der Waals surface area contributed by atoms with Crippen molar-refractivity contribution < 1.29 is 9.18 Å². The Balaban J connectivity index is 1.35. The van der Waals surface area contributed by atoms with Crippen LogP contribution in [0.2, 0.25) is 0 Å². The van der Waals surface area contributed by atoms with Crippen molar-refractivity contribution in [2.75, 3.05) is 31.1 Å². The summed E-state index contributed by atoms with van der Waals surface area (Å²) in [6, 6.07) is 4.43. The SMILES string of the molecule is Cc1nc(N2CC3CN(C(=O)c4c(F)cccc4-n4nccn4)CC3C2)nc(=O)[nH]1. The van der Waals surface area contributed by atoms with Crippen molar-refractivity contribution in [1.82, 2.24) is 34.8 Å². The van der Waals surface area contributed by atoms with Gasteiger partial charge in [-0.2, -0.15) is 25.0 Å². The Bertz CT molecular complexity index is 1150. The number of nitrogens with one attached hydrogen (secondary N) is 1. The van der Waals surface area contributed by atoms with Crippen molar-refractivity contribution in [3.05, 3.63) is 58.3 Å². The zero-order chi connectivity index (χ0) is 20.8. The summed E-state index contributed by atoms with van der Waals surface area (Å²) < 4.78 is 14.6. The van der Waals surface area contributed by atoms with E-state index < -0.39 is 11.5 Å². The lowest BCUT2D eigenvalue weighted by molar-refractivity contribution is 0.0777. The average molecular weight is 410 g/mol. The molecule has 2 atom stereocenters. The lowest BCUT2D eigenvalue weighted by Crippen LogP contribution is -2.35. The lowest BCUT2D eigenvalue weighted by Gasteiger charge is -2.22. The predicted octanol–water partition coefficient (Wildman–Crippen LogP) is 0.402. The zero-order valence-corrected chi connectivity index (χ0v) is 16.2. The number of aromatic nitrogens is 6. The molecule has 4 heterocycles. The normalized spacial score (nSPS) is 20.6. The van der Waals surface area contributed by atoms with Gasteiger partial charge in [0.15, 0.2) is 0 Å². The standard InChI is InChI=1S/C19H19FN8O2/c1-11-23-18(25-19(30)24-11)27-9-12-7-26(8-13(12)10-27)17(29)16-14(20)3-2-4-15(16)28-21-5-6-22-28/h2-6,12-13H,7-10H2,1H3,(H,23,24,25,30). The first-order chi connectivity index (χ1) is 14.5. The van der Waals surface area contributed by atoms with Crippen LogP contribution in [-0.2, 0) is 0 Å². The Morgan fingerprint density at radius 1 is 1.10 bits per heavy atom. The highest BCUT2D eigenvalue weighted by Crippen LogP contribution is 2.34. The van der Waals surface area contributed by atoms with Gasteiger partial charge in [0.25, 0.3) is 5.91 Å². The van der Waals surface area contributed by atoms with Crippen LogP contribution in [0, 0.1) is 24.6 Å². The van der Waals surface area contributed by atoms with Gasteiger partial charge in [0.2, 0.25) is 5.95 Å². The summed E-state index contributed by atoms with van der Waals surface area (Å²) in [5, 5.41) is 8.06. The molecule has 11 heteroatoms. The highest BCUT2D eigenvalue weighted by atomic mass is 19.1. The van der Waals surface area contributed by atoms with Gasteiger partial charge in [-0.05, 0) is 19.1 Å². The molecule has 1 aromatic carbocycles. The lowest BCUT2D eigenvalue weighted by atomic mass is 10.0. The Kier molecular flexibility index (Phi) is 4.30. The number of aromatic amines is 1. The maximum atomic E-state index is 14.6. The number of carbonyl (C=O) groups excluding carboxylic acids is 1. The highest BCUT2D eigenvalue weighted by Gasteiger charge is 2.43. The number of carbonyl (C=O) groups is 1. The molecular formula is C19H19FN8O2. The highest BCUT2D eigenvalue weighted by molar-refractivity contribution is 5.98. The maximum Gasteiger partial charge on any atom is 0.349 e. The molecule has 0 saturated carbocycles. The molecule has 2 saturated heterocycles. The van der Waals surface area contributed by atoms with E-state index in [0.717, 1.165) is 0 Å². The summed E-state index contributed by atoms with van der Waals surface area (Å²) in [4.78, 5) is 40.5. The van der Waals surface area contributed by atoms with E-state index >= 15 is 0 Å². The third-order valence-corrected chi connectivity index (χ3v) is 5.65. The maximum absolute atomic E-state index is 14.6. The molecule has 3 aromatic rings. The molecule has 0 spiro atoms. The topological polar surface area (TPSA) is 113 Å². The minimum Gasteiger partial charge on any atom is -0.340 e. The molecule has 1 amide bonds. The van der Waals surface area contributed by atoms with Crippen LogP contribution in [0.25, 0.3) is 5.69 Å². The molecule has 2 fully saturated rings. The molecule has 2 unspecified atom stereocenters. The first kappa shape index (κ1) is 18.4. The molecule has 0 radical (unpaired) electrons. The van der Waals surface area contributed by atoms with Crippen LogP contribution in [0.4, 0.5) is 10.3 Å². The number of amides is 1. The molecular weight excluding hydrogens is 391 g/mol. The second-order valence-corrected chi connectivity index (χ2v) is 7.63. The van der Waals surface area contributed by atoms with Gasteiger partial charge in [-0.15, -0.1) is 0 Å². The first-order valence-corrected chi connectivity index (χ1v) is 9.64. The van der Waals surface area contributed by atoms with E-state index in [1.54, 1.807) is 17.9 Å². The van der Waals surface area contributed by atoms with Crippen LogP contribution in [0.5, 0.6) is 0 Å². The van der Waals surface area contributed by atoms with Crippen LogP contribution in [0.15, 0.2) is 35.4 Å². The third-order valence-electron chi connectivity index (χ3n) is 5.65. The van der Waals surface area contributed by atoms with E-state index in [1.165, 1.54) is 29.3 Å². The number of halogens is 1. The molecule has 154 valence electrons. The first-order valence-electron chi connectivity index (χ1n) is 9.64. The number of nitrogens with zero attached hydrogens (tertiary/aromatic N) is 7. The van der Waals surface area contributed by atoms with Gasteiger partial charge in [0.1, 0.15) is 22.9 Å². The van der Waals surface area contributed by atoms with E-state index in [9.17, 15) is 14.0 Å². The zero-order valence-electron chi connectivity index (χ0n) is 16.2. The van der Waals surface area contributed by atoms with Crippen molar-refractivity contribution in [2.24, 2.45) is 11.8 Å². The van der Waals surface area contributed by atoms with Gasteiger partial charge in [-0.25, -0.2) is 9.18 Å². The van der Waals surface area contributed by atoms with Gasteiger partial charge in [-0.1, -0.05) is 6.07 Å². The van der Waals surface area contributed by atoms with Crippen molar-refractivity contribution in [2.45, 2.75) is 6.92 Å². The summed E-state index contributed by atoms with van der Waals surface area (Å²) in [5.41, 5.74) is -0.138. The fraction of sp³-hybridized carbons (Fsp3) is 0.368. The molecule has 5 rings (SSSR count). The Morgan fingerprint density at radius 2 is 1.80 bits per heavy atom. The smallest absolute Gasteiger partial charge is 0.340 e. The number of fused-ring (bicyclic) bond motifs is 1. The summed E-state index contributed by atoms with van der Waals surface area (Å²) in [6.07, 6.45) is 2.96. The number of aryl methyl sites for hydroxylation is 1. The minimum absolute atomic E-state index is 0.0286. The molecule has 2 aromatic heterocycles. The van der Waals surface area contributed by atoms with Crippen LogP contribution in [0.1, 0.15) is 16.2 Å². The van der Waals surface area contributed by atoms with E-state index in [4.69, 9.17) is 0 Å². The summed E-state index contributed by atoms with van der Waals surface area (Å²) in [7, 11) is 0. The summed E-state index contributed by atoms with van der Waals surface area (Å²) in [5.74, 6) is 0.360. The molecule has 1 N–H and O–H groups in total. The Hall–Kier alpha value is -3.63. The molecule has 10 nitrogen and oxygen atoms in total. The number of likely N-dealkylation sites (tertiary alicyclic amines) is 1. The summed E-state index contributed by atoms with van der Waals surface area (Å²) in [6.45, 7) is 4.00. The fourth-order valence-electron chi connectivity index (χ4n) is 4.33. The van der Waals surface area contributed by atoms with E-state index in [-0.39, 0.29) is 23.3 Å². The van der Waals surface area contributed by atoms with Gasteiger partial charge in [0, 0.05) is 38.0 Å². The monoisotopic (exact) mass is 410 g/mol. The number of hydrogen-bond donors (Lipinski definition) is 1. The number of hydrogen-bond acceptors (Lipinski definition) is 7. The van der Waals surface area contributed by atoms with E-state index in [0.29, 0.717) is 43.6 Å². The van der Waals surface area contributed by atoms with Crippen LogP contribution >= 0.6 is 0 Å². The van der Waals surface area contributed by atoms with Crippen molar-refractivity contribution >= 4 is 11.9 Å². The van der Waals surface area contributed by atoms with Gasteiger partial charge in [0.05, 0.1) is 12.4 Å². The molecule has 30 heavy (non-hydrogen) atoms. The number of rotatable bonds is 3. The molecule has 0 aliphatic carbocycles. The van der Waals surface area contributed by atoms with Gasteiger partial charge in [-0.3, -0.25) is 9.78 Å². The number of H-pyrrole nitrogens is 1. The minimum atomic E-state index is -0.596. The van der Waals surface area contributed by atoms with Crippen LogP contribution < -0.4 is 10.6 Å². The molecule has 2 aliphatic heterocycles. The molecule has 2 aliphatic rings. The van der Waals surface area contributed by atoms with Crippen LogP contribution in [-0.4, -0.2) is 66.9 Å². The summed E-state index contributed by atoms with van der Waals surface area (Å²) >= 11 is 0. The average Bonchev–Trinajstić information content (AvgIpc) is 3.43.